The smallest absolute Gasteiger partial charge is 0.252 e. The molecule has 30 heavy (non-hydrogen) atoms. The highest BCUT2D eigenvalue weighted by atomic mass is 16.1. The van der Waals surface area contributed by atoms with Crippen LogP contribution in [0.4, 0.5) is 0 Å². The quantitative estimate of drug-likeness (QED) is 0.510. The number of hydrogen-bond donors (Lipinski definition) is 1. The molecule has 4 aromatic rings. The molecule has 0 radical (unpaired) electrons. The van der Waals surface area contributed by atoms with Gasteiger partial charge in [-0.05, 0) is 36.9 Å². The molecule has 5 heteroatoms. The Balaban J connectivity index is 1.48. The molecular weight excluding hydrogens is 372 g/mol. The van der Waals surface area contributed by atoms with Crippen molar-refractivity contribution >= 4 is 16.8 Å². The molecule has 2 aromatic carbocycles. The summed E-state index contributed by atoms with van der Waals surface area (Å²) in [4.78, 5) is 24.1. The fourth-order valence-electron chi connectivity index (χ4n) is 3.46. The van der Waals surface area contributed by atoms with E-state index in [1.54, 1.807) is 12.4 Å². The number of likely N-dealkylation sites (N-methyl/N-ethyl adjacent to an activating group) is 1. The van der Waals surface area contributed by atoms with Crippen LogP contribution in [-0.4, -0.2) is 40.9 Å². The van der Waals surface area contributed by atoms with Crippen LogP contribution in [0.15, 0.2) is 85.2 Å². The van der Waals surface area contributed by atoms with E-state index in [0.29, 0.717) is 12.1 Å². The molecule has 0 unspecified atom stereocenters. The number of nitrogens with one attached hydrogen (secondary N) is 1. The Hall–Kier alpha value is -3.57. The second kappa shape index (κ2) is 9.29. The zero-order valence-electron chi connectivity index (χ0n) is 17.0. The molecule has 2 aromatic heterocycles. The molecule has 0 aliphatic rings. The van der Waals surface area contributed by atoms with Crippen LogP contribution in [-0.2, 0) is 6.54 Å². The first-order chi connectivity index (χ1) is 14.7. The van der Waals surface area contributed by atoms with Gasteiger partial charge in [-0.25, -0.2) is 4.98 Å². The van der Waals surface area contributed by atoms with Gasteiger partial charge < -0.3 is 10.2 Å². The summed E-state index contributed by atoms with van der Waals surface area (Å²) in [6, 6.07) is 23.7. The molecule has 5 nitrogen and oxygen atoms in total. The van der Waals surface area contributed by atoms with Crippen molar-refractivity contribution in [2.24, 2.45) is 0 Å². The van der Waals surface area contributed by atoms with Crippen LogP contribution in [0.1, 0.15) is 15.9 Å². The summed E-state index contributed by atoms with van der Waals surface area (Å²) in [5.41, 5.74) is 4.32. The molecule has 4 rings (SSSR count). The third kappa shape index (κ3) is 4.70. The van der Waals surface area contributed by atoms with Crippen molar-refractivity contribution in [2.45, 2.75) is 6.54 Å². The normalized spacial score (nSPS) is 11.0. The highest BCUT2D eigenvalue weighted by Crippen LogP contribution is 2.24. The lowest BCUT2D eigenvalue weighted by molar-refractivity contribution is 0.0951. The number of rotatable bonds is 7. The number of carbonyl (C=O) groups is 1. The maximum absolute atomic E-state index is 13.0. The van der Waals surface area contributed by atoms with E-state index in [1.807, 2.05) is 60.7 Å². The number of pyridine rings is 2. The topological polar surface area (TPSA) is 58.1 Å². The van der Waals surface area contributed by atoms with Gasteiger partial charge in [0.1, 0.15) is 0 Å². The van der Waals surface area contributed by atoms with E-state index in [-0.39, 0.29) is 5.91 Å². The van der Waals surface area contributed by atoms with Gasteiger partial charge in [0.15, 0.2) is 0 Å². The Morgan fingerprint density at radius 1 is 1.00 bits per heavy atom. The monoisotopic (exact) mass is 396 g/mol. The van der Waals surface area contributed by atoms with Gasteiger partial charge in [-0.15, -0.1) is 0 Å². The lowest BCUT2D eigenvalue weighted by Crippen LogP contribution is -2.33. The summed E-state index contributed by atoms with van der Waals surface area (Å²) in [7, 11) is 2.06. The minimum absolute atomic E-state index is 0.0909. The number of carbonyl (C=O) groups excluding carboxylic acids is 1. The Labute approximate surface area is 176 Å². The number of fused-ring (bicyclic) bond motifs is 1. The van der Waals surface area contributed by atoms with Crippen LogP contribution in [0.3, 0.4) is 0 Å². The van der Waals surface area contributed by atoms with Crippen molar-refractivity contribution in [1.82, 2.24) is 20.2 Å². The molecule has 0 saturated carbocycles. The lowest BCUT2D eigenvalue weighted by atomic mass is 10.0. The Morgan fingerprint density at radius 3 is 2.60 bits per heavy atom. The maximum Gasteiger partial charge on any atom is 0.252 e. The van der Waals surface area contributed by atoms with Crippen LogP contribution < -0.4 is 5.32 Å². The minimum Gasteiger partial charge on any atom is -0.351 e. The van der Waals surface area contributed by atoms with Gasteiger partial charge in [0, 0.05) is 43.0 Å². The van der Waals surface area contributed by atoms with Crippen LogP contribution in [0.2, 0.25) is 0 Å². The molecular formula is C25H24N4O. The molecule has 150 valence electrons. The predicted molar refractivity (Wildman–Crippen MR) is 120 cm³/mol. The number of amides is 1. The summed E-state index contributed by atoms with van der Waals surface area (Å²) in [5.74, 6) is -0.0909. The van der Waals surface area contributed by atoms with E-state index in [1.165, 1.54) is 5.56 Å². The predicted octanol–water partition coefficient (Wildman–Crippen LogP) is 4.16. The average molecular weight is 396 g/mol. The van der Waals surface area contributed by atoms with Crippen molar-refractivity contribution in [1.29, 1.82) is 0 Å². The van der Waals surface area contributed by atoms with Crippen molar-refractivity contribution in [2.75, 3.05) is 20.1 Å². The van der Waals surface area contributed by atoms with Gasteiger partial charge >= 0.3 is 0 Å². The molecule has 0 aliphatic heterocycles. The average Bonchev–Trinajstić information content (AvgIpc) is 2.79. The van der Waals surface area contributed by atoms with E-state index < -0.39 is 0 Å². The van der Waals surface area contributed by atoms with Gasteiger partial charge in [0.2, 0.25) is 0 Å². The van der Waals surface area contributed by atoms with Gasteiger partial charge in [-0.3, -0.25) is 9.78 Å². The zero-order valence-corrected chi connectivity index (χ0v) is 17.0. The molecule has 0 saturated heterocycles. The fourth-order valence-corrected chi connectivity index (χ4v) is 3.46. The first kappa shape index (κ1) is 19.7. The second-order valence-corrected chi connectivity index (χ2v) is 7.29. The summed E-state index contributed by atoms with van der Waals surface area (Å²) in [5, 5.41) is 3.91. The molecule has 0 spiro atoms. The molecule has 0 bridgehead atoms. The van der Waals surface area contributed by atoms with Crippen LogP contribution in [0, 0.1) is 0 Å². The number of aromatic nitrogens is 2. The maximum atomic E-state index is 13.0. The van der Waals surface area contributed by atoms with E-state index in [2.05, 4.69) is 34.4 Å². The summed E-state index contributed by atoms with van der Waals surface area (Å²) < 4.78 is 0. The fraction of sp³-hybridized carbons (Fsp3) is 0.160. The molecule has 0 atom stereocenters. The van der Waals surface area contributed by atoms with Crippen molar-refractivity contribution in [3.63, 3.8) is 0 Å². The van der Waals surface area contributed by atoms with Gasteiger partial charge in [-0.2, -0.15) is 0 Å². The van der Waals surface area contributed by atoms with E-state index in [0.717, 1.165) is 35.2 Å². The highest BCUT2D eigenvalue weighted by molar-refractivity contribution is 6.07. The number of benzene rings is 2. The number of hydrogen-bond acceptors (Lipinski definition) is 4. The van der Waals surface area contributed by atoms with Crippen LogP contribution in [0.25, 0.3) is 22.2 Å². The van der Waals surface area contributed by atoms with Gasteiger partial charge in [-0.1, -0.05) is 48.5 Å². The number of para-hydroxylation sites is 1. The zero-order chi connectivity index (χ0) is 20.8. The van der Waals surface area contributed by atoms with E-state index >= 15 is 0 Å². The van der Waals surface area contributed by atoms with E-state index in [9.17, 15) is 4.79 Å². The Morgan fingerprint density at radius 2 is 1.80 bits per heavy atom. The Bertz CT molecular complexity index is 1130. The van der Waals surface area contributed by atoms with E-state index in [4.69, 9.17) is 4.98 Å². The third-order valence-corrected chi connectivity index (χ3v) is 4.99. The Kier molecular flexibility index (Phi) is 6.11. The van der Waals surface area contributed by atoms with Crippen molar-refractivity contribution in [3.05, 3.63) is 96.3 Å². The summed E-state index contributed by atoms with van der Waals surface area (Å²) >= 11 is 0. The van der Waals surface area contributed by atoms with Crippen molar-refractivity contribution in [3.8, 4) is 11.3 Å². The lowest BCUT2D eigenvalue weighted by Gasteiger charge is -2.17. The molecule has 1 amide bonds. The summed E-state index contributed by atoms with van der Waals surface area (Å²) in [6.07, 6.45) is 3.49. The standard InChI is InChI=1S/C25H24N4O/c1-29(18-19-8-3-2-4-9-19)15-14-27-25(30)22-16-24(20-10-7-13-26-17-20)28-23-12-6-5-11-21(22)23/h2-13,16-17H,14-15,18H2,1H3,(H,27,30). The SMILES string of the molecule is CN(CCNC(=O)c1cc(-c2cccnc2)nc2ccccc12)Cc1ccccc1. The second-order valence-electron chi connectivity index (χ2n) is 7.29. The number of nitrogens with zero attached hydrogens (tertiary/aromatic N) is 3. The van der Waals surface area contributed by atoms with Crippen molar-refractivity contribution < 1.29 is 4.79 Å². The van der Waals surface area contributed by atoms with Crippen LogP contribution >= 0.6 is 0 Å². The summed E-state index contributed by atoms with van der Waals surface area (Å²) in [6.45, 7) is 2.18. The first-order valence-electron chi connectivity index (χ1n) is 10.0. The third-order valence-electron chi connectivity index (χ3n) is 4.99. The van der Waals surface area contributed by atoms with Gasteiger partial charge in [0.05, 0.1) is 16.8 Å². The highest BCUT2D eigenvalue weighted by Gasteiger charge is 2.14. The molecule has 1 N–H and O–H groups in total. The minimum atomic E-state index is -0.0909. The molecule has 0 fully saturated rings. The molecule has 2 heterocycles. The largest absolute Gasteiger partial charge is 0.351 e. The molecule has 0 aliphatic carbocycles. The van der Waals surface area contributed by atoms with Crippen LogP contribution in [0.5, 0.6) is 0 Å². The first-order valence-corrected chi connectivity index (χ1v) is 10.0. The van der Waals surface area contributed by atoms with Gasteiger partial charge in [0.25, 0.3) is 5.91 Å².